The molecule has 0 aliphatic carbocycles. The Labute approximate surface area is 174 Å². The van der Waals surface area contributed by atoms with Crippen LogP contribution in [0.5, 0.6) is 0 Å². The molecule has 0 atom stereocenters. The number of nitrogens with zero attached hydrogens (tertiary/aromatic N) is 2. The van der Waals surface area contributed by atoms with Crippen LogP contribution in [0.15, 0.2) is 64.0 Å². The Balaban J connectivity index is 1.75. The predicted octanol–water partition coefficient (Wildman–Crippen LogP) is 4.89. The highest BCUT2D eigenvalue weighted by atomic mass is 32.2. The number of para-hydroxylation sites is 1. The van der Waals surface area contributed by atoms with Crippen LogP contribution in [-0.2, 0) is 9.59 Å². The zero-order valence-electron chi connectivity index (χ0n) is 16.4. The first-order chi connectivity index (χ1) is 14.1. The second-order valence-corrected chi connectivity index (χ2v) is 8.48. The van der Waals surface area contributed by atoms with E-state index in [9.17, 15) is 14.0 Å². The molecule has 0 aromatic heterocycles. The zero-order chi connectivity index (χ0) is 20.4. The standard InChI is InChI=1S/C23H23FN2O2S/c1-16-10-12-17(13-11-16)29-21-20(25-14-6-2-3-7-15-25)22(27)26(23(21)28)19-9-5-4-8-18(19)24/h4-5,8-13H,2-3,6-7,14-15H2,1H3. The number of halogens is 1. The summed E-state index contributed by atoms with van der Waals surface area (Å²) in [6.45, 7) is 3.47. The number of amides is 2. The van der Waals surface area contributed by atoms with Crippen LogP contribution in [-0.4, -0.2) is 29.8 Å². The summed E-state index contributed by atoms with van der Waals surface area (Å²) in [5.41, 5.74) is 1.54. The van der Waals surface area contributed by atoms with Crippen molar-refractivity contribution in [2.45, 2.75) is 37.5 Å². The Kier molecular flexibility index (Phi) is 5.72. The minimum absolute atomic E-state index is 0.00864. The molecule has 0 radical (unpaired) electrons. The van der Waals surface area contributed by atoms with Gasteiger partial charge < -0.3 is 4.90 Å². The van der Waals surface area contributed by atoms with E-state index in [2.05, 4.69) is 0 Å². The minimum atomic E-state index is -0.578. The van der Waals surface area contributed by atoms with Crippen molar-refractivity contribution in [3.8, 4) is 0 Å². The van der Waals surface area contributed by atoms with Gasteiger partial charge in [0.1, 0.15) is 16.4 Å². The Bertz CT molecular complexity index is 963. The Morgan fingerprint density at radius 3 is 2.17 bits per heavy atom. The summed E-state index contributed by atoms with van der Waals surface area (Å²) >= 11 is 1.29. The van der Waals surface area contributed by atoms with Crippen molar-refractivity contribution < 1.29 is 14.0 Å². The molecule has 4 rings (SSSR count). The maximum absolute atomic E-state index is 14.4. The SMILES string of the molecule is Cc1ccc(SC2=C(N3CCCCCC3)C(=O)N(c3ccccc3F)C2=O)cc1. The van der Waals surface area contributed by atoms with Crippen LogP contribution in [0.1, 0.15) is 31.2 Å². The van der Waals surface area contributed by atoms with E-state index in [0.717, 1.165) is 54.1 Å². The van der Waals surface area contributed by atoms with Crippen molar-refractivity contribution >= 4 is 29.3 Å². The number of rotatable bonds is 4. The van der Waals surface area contributed by atoms with Gasteiger partial charge in [-0.1, -0.05) is 54.4 Å². The number of likely N-dealkylation sites (tertiary alicyclic amines) is 1. The smallest absolute Gasteiger partial charge is 0.283 e. The molecular weight excluding hydrogens is 387 g/mol. The first kappa shape index (κ1) is 19.7. The molecule has 2 amide bonds. The second kappa shape index (κ2) is 8.41. The van der Waals surface area contributed by atoms with Crippen molar-refractivity contribution in [2.24, 2.45) is 0 Å². The number of aryl methyl sites for hydroxylation is 1. The van der Waals surface area contributed by atoms with E-state index in [0.29, 0.717) is 10.6 Å². The van der Waals surface area contributed by atoms with Crippen molar-refractivity contribution in [3.63, 3.8) is 0 Å². The lowest BCUT2D eigenvalue weighted by molar-refractivity contribution is -0.121. The molecule has 1 fully saturated rings. The topological polar surface area (TPSA) is 40.6 Å². The highest BCUT2D eigenvalue weighted by Crippen LogP contribution is 2.39. The van der Waals surface area contributed by atoms with Crippen LogP contribution in [0.25, 0.3) is 0 Å². The molecule has 150 valence electrons. The lowest BCUT2D eigenvalue weighted by atomic mass is 10.2. The van der Waals surface area contributed by atoms with Gasteiger partial charge in [-0.2, -0.15) is 0 Å². The lowest BCUT2D eigenvalue weighted by Gasteiger charge is -2.24. The summed E-state index contributed by atoms with van der Waals surface area (Å²) in [7, 11) is 0. The molecule has 2 aromatic rings. The number of imide groups is 1. The fourth-order valence-corrected chi connectivity index (χ4v) is 4.74. The van der Waals surface area contributed by atoms with E-state index in [1.165, 1.54) is 23.9 Å². The number of thioether (sulfide) groups is 1. The van der Waals surface area contributed by atoms with E-state index in [-0.39, 0.29) is 5.69 Å². The monoisotopic (exact) mass is 410 g/mol. The third-order valence-corrected chi connectivity index (χ3v) is 6.35. The van der Waals surface area contributed by atoms with Crippen LogP contribution >= 0.6 is 11.8 Å². The molecule has 2 heterocycles. The van der Waals surface area contributed by atoms with Gasteiger partial charge in [0.15, 0.2) is 0 Å². The molecule has 2 aliphatic heterocycles. The number of carbonyl (C=O) groups is 2. The Hall–Kier alpha value is -2.60. The number of hydrogen-bond donors (Lipinski definition) is 0. The first-order valence-electron chi connectivity index (χ1n) is 9.93. The van der Waals surface area contributed by atoms with E-state index in [1.54, 1.807) is 12.1 Å². The van der Waals surface area contributed by atoms with Crippen molar-refractivity contribution in [1.82, 2.24) is 4.90 Å². The molecule has 0 spiro atoms. The van der Waals surface area contributed by atoms with Crippen LogP contribution < -0.4 is 4.90 Å². The molecule has 1 saturated heterocycles. The van der Waals surface area contributed by atoms with Crippen molar-refractivity contribution in [2.75, 3.05) is 18.0 Å². The van der Waals surface area contributed by atoms with E-state index >= 15 is 0 Å². The molecule has 2 aromatic carbocycles. The number of hydrogen-bond acceptors (Lipinski definition) is 4. The fourth-order valence-electron chi connectivity index (χ4n) is 3.74. The molecule has 0 bridgehead atoms. The largest absolute Gasteiger partial charge is 0.366 e. The van der Waals surface area contributed by atoms with Crippen LogP contribution in [0.3, 0.4) is 0 Å². The van der Waals surface area contributed by atoms with Gasteiger partial charge in [-0.15, -0.1) is 0 Å². The van der Waals surface area contributed by atoms with Gasteiger partial charge in [0, 0.05) is 18.0 Å². The maximum Gasteiger partial charge on any atom is 0.283 e. The summed E-state index contributed by atoms with van der Waals surface area (Å²) < 4.78 is 14.4. The first-order valence-corrected chi connectivity index (χ1v) is 10.7. The molecule has 6 heteroatoms. The van der Waals surface area contributed by atoms with Crippen molar-refractivity contribution in [3.05, 3.63) is 70.5 Å². The van der Waals surface area contributed by atoms with Crippen LogP contribution in [0, 0.1) is 12.7 Å². The number of carbonyl (C=O) groups excluding carboxylic acids is 2. The highest BCUT2D eigenvalue weighted by molar-refractivity contribution is 8.04. The summed E-state index contributed by atoms with van der Waals surface area (Å²) in [4.78, 5) is 30.9. The van der Waals surface area contributed by atoms with Gasteiger partial charge in [0.25, 0.3) is 11.8 Å². The zero-order valence-corrected chi connectivity index (χ0v) is 17.2. The van der Waals surface area contributed by atoms with Gasteiger partial charge in [-0.25, -0.2) is 9.29 Å². The van der Waals surface area contributed by atoms with Gasteiger partial charge in [-0.05, 0) is 44.0 Å². The molecule has 4 nitrogen and oxygen atoms in total. The Morgan fingerprint density at radius 2 is 1.52 bits per heavy atom. The minimum Gasteiger partial charge on any atom is -0.366 e. The van der Waals surface area contributed by atoms with Crippen molar-refractivity contribution in [1.29, 1.82) is 0 Å². The van der Waals surface area contributed by atoms with E-state index in [1.807, 2.05) is 36.1 Å². The van der Waals surface area contributed by atoms with Gasteiger partial charge in [0.2, 0.25) is 0 Å². The molecule has 2 aliphatic rings. The Morgan fingerprint density at radius 1 is 0.862 bits per heavy atom. The molecule has 0 unspecified atom stereocenters. The third kappa shape index (κ3) is 3.94. The summed E-state index contributed by atoms with van der Waals surface area (Å²) in [5.74, 6) is -1.47. The lowest BCUT2D eigenvalue weighted by Crippen LogP contribution is -2.36. The second-order valence-electron chi connectivity index (χ2n) is 7.39. The molecule has 0 saturated carbocycles. The van der Waals surface area contributed by atoms with Gasteiger partial charge in [0.05, 0.1) is 5.69 Å². The summed E-state index contributed by atoms with van der Waals surface area (Å²) in [6, 6.07) is 13.8. The molecular formula is C23H23FN2O2S. The third-order valence-electron chi connectivity index (χ3n) is 5.27. The quantitative estimate of drug-likeness (QED) is 0.673. The van der Waals surface area contributed by atoms with E-state index < -0.39 is 17.6 Å². The molecule has 0 N–H and O–H groups in total. The number of benzene rings is 2. The highest BCUT2D eigenvalue weighted by Gasteiger charge is 2.43. The van der Waals surface area contributed by atoms with E-state index in [4.69, 9.17) is 0 Å². The van der Waals surface area contributed by atoms with Gasteiger partial charge in [-0.3, -0.25) is 9.59 Å². The number of anilines is 1. The maximum atomic E-state index is 14.4. The normalized spacial score (nSPS) is 17.9. The van der Waals surface area contributed by atoms with Crippen LogP contribution in [0.4, 0.5) is 10.1 Å². The molecule has 29 heavy (non-hydrogen) atoms. The average molecular weight is 411 g/mol. The van der Waals surface area contributed by atoms with Crippen LogP contribution in [0.2, 0.25) is 0 Å². The summed E-state index contributed by atoms with van der Waals surface area (Å²) in [5, 5.41) is 0. The van der Waals surface area contributed by atoms with Gasteiger partial charge >= 0.3 is 0 Å². The summed E-state index contributed by atoms with van der Waals surface area (Å²) in [6.07, 6.45) is 4.19. The average Bonchev–Trinajstić information content (AvgIpc) is 2.89. The fraction of sp³-hybridized carbons (Fsp3) is 0.304. The predicted molar refractivity (Wildman–Crippen MR) is 113 cm³/mol.